The van der Waals surface area contributed by atoms with Crippen LogP contribution in [0, 0.1) is 5.92 Å². The van der Waals surface area contributed by atoms with Crippen LogP contribution in [0.5, 0.6) is 5.75 Å². The quantitative estimate of drug-likeness (QED) is 0.601. The molecule has 0 spiro atoms. The number of rotatable bonds is 10. The predicted molar refractivity (Wildman–Crippen MR) is 98.8 cm³/mol. The summed E-state index contributed by atoms with van der Waals surface area (Å²) in [4.78, 5) is 26.1. The van der Waals surface area contributed by atoms with Crippen molar-refractivity contribution in [3.8, 4) is 5.75 Å². The molecule has 1 aromatic carbocycles. The maximum absolute atomic E-state index is 12.8. The third-order valence-electron chi connectivity index (χ3n) is 3.63. The zero-order chi connectivity index (χ0) is 18.8. The molecule has 0 saturated heterocycles. The van der Waals surface area contributed by atoms with E-state index in [9.17, 15) is 9.59 Å². The molecule has 0 N–H and O–H groups in total. The molecule has 0 aliphatic carbocycles. The van der Waals surface area contributed by atoms with Crippen molar-refractivity contribution < 1.29 is 19.1 Å². The molecule has 0 atom stereocenters. The number of carbonyl (C=O) groups is 2. The van der Waals surface area contributed by atoms with E-state index in [4.69, 9.17) is 9.47 Å². The van der Waals surface area contributed by atoms with Gasteiger partial charge in [-0.05, 0) is 57.4 Å². The number of amides is 1. The van der Waals surface area contributed by atoms with Crippen molar-refractivity contribution >= 4 is 11.9 Å². The van der Waals surface area contributed by atoms with E-state index in [1.54, 1.807) is 36.1 Å². The number of benzene rings is 1. The van der Waals surface area contributed by atoms with Gasteiger partial charge in [0, 0.05) is 18.7 Å². The fourth-order valence-electron chi connectivity index (χ4n) is 2.32. The minimum atomic E-state index is -0.273. The molecule has 0 bridgehead atoms. The van der Waals surface area contributed by atoms with Gasteiger partial charge in [-0.1, -0.05) is 13.8 Å². The third kappa shape index (κ3) is 8.05. The molecular weight excluding hydrogens is 318 g/mol. The lowest BCUT2D eigenvalue weighted by Gasteiger charge is -2.23. The summed E-state index contributed by atoms with van der Waals surface area (Å²) in [5.41, 5.74) is 0.601. The monoisotopic (exact) mass is 349 g/mol. The summed E-state index contributed by atoms with van der Waals surface area (Å²) in [5, 5.41) is 0. The highest BCUT2D eigenvalue weighted by Gasteiger charge is 2.18. The van der Waals surface area contributed by atoms with Crippen LogP contribution in [0.15, 0.2) is 24.3 Å². The van der Waals surface area contributed by atoms with E-state index in [1.165, 1.54) is 0 Å². The molecule has 0 fully saturated rings. The first-order valence-electron chi connectivity index (χ1n) is 9.05. The van der Waals surface area contributed by atoms with Crippen LogP contribution in [0.4, 0.5) is 0 Å². The van der Waals surface area contributed by atoms with Gasteiger partial charge in [-0.25, -0.2) is 0 Å². The summed E-state index contributed by atoms with van der Waals surface area (Å²) in [7, 11) is 0. The highest BCUT2D eigenvalue weighted by atomic mass is 16.5. The fourth-order valence-corrected chi connectivity index (χ4v) is 2.32. The van der Waals surface area contributed by atoms with E-state index in [-0.39, 0.29) is 24.4 Å². The molecule has 1 aromatic rings. The van der Waals surface area contributed by atoms with Crippen LogP contribution in [0.1, 0.15) is 57.8 Å². The standard InChI is InChI=1S/C20H31NO4/c1-6-24-19(22)12-14-21(13-11-15(2)3)20(23)17-7-9-18(10-8-17)25-16(4)5/h7-10,15-16H,6,11-14H2,1-5H3. The molecule has 5 heteroatoms. The Labute approximate surface area is 151 Å². The van der Waals surface area contributed by atoms with Gasteiger partial charge in [-0.2, -0.15) is 0 Å². The Hall–Kier alpha value is -2.04. The van der Waals surface area contributed by atoms with Gasteiger partial charge in [-0.3, -0.25) is 9.59 Å². The average molecular weight is 349 g/mol. The topological polar surface area (TPSA) is 55.8 Å². The van der Waals surface area contributed by atoms with Crippen molar-refractivity contribution in [2.24, 2.45) is 5.92 Å². The second kappa shape index (κ2) is 10.7. The third-order valence-corrected chi connectivity index (χ3v) is 3.63. The van der Waals surface area contributed by atoms with Crippen LogP contribution in [-0.2, 0) is 9.53 Å². The van der Waals surface area contributed by atoms with Gasteiger partial charge in [-0.15, -0.1) is 0 Å². The van der Waals surface area contributed by atoms with Gasteiger partial charge in [0.25, 0.3) is 5.91 Å². The van der Waals surface area contributed by atoms with Crippen LogP contribution in [0.2, 0.25) is 0 Å². The summed E-state index contributed by atoms with van der Waals surface area (Å²) in [6.45, 7) is 11.3. The van der Waals surface area contributed by atoms with E-state index in [1.807, 2.05) is 13.8 Å². The Morgan fingerprint density at radius 2 is 1.68 bits per heavy atom. The second-order valence-electron chi connectivity index (χ2n) is 6.72. The number of esters is 1. The van der Waals surface area contributed by atoms with Gasteiger partial charge in [0.2, 0.25) is 0 Å². The van der Waals surface area contributed by atoms with Crippen molar-refractivity contribution in [2.45, 2.75) is 53.6 Å². The van der Waals surface area contributed by atoms with Crippen molar-refractivity contribution in [1.29, 1.82) is 0 Å². The van der Waals surface area contributed by atoms with Crippen LogP contribution in [0.25, 0.3) is 0 Å². The van der Waals surface area contributed by atoms with E-state index in [0.29, 0.717) is 31.2 Å². The van der Waals surface area contributed by atoms with Gasteiger partial charge in [0.05, 0.1) is 19.1 Å². The first-order valence-corrected chi connectivity index (χ1v) is 9.05. The van der Waals surface area contributed by atoms with Crippen molar-refractivity contribution in [3.05, 3.63) is 29.8 Å². The lowest BCUT2D eigenvalue weighted by Crippen LogP contribution is -2.34. The minimum Gasteiger partial charge on any atom is -0.491 e. The smallest absolute Gasteiger partial charge is 0.307 e. The Bertz CT molecular complexity index is 537. The zero-order valence-electron chi connectivity index (χ0n) is 16.1. The largest absolute Gasteiger partial charge is 0.491 e. The maximum atomic E-state index is 12.8. The average Bonchev–Trinajstić information content (AvgIpc) is 2.54. The minimum absolute atomic E-state index is 0.0685. The van der Waals surface area contributed by atoms with Crippen molar-refractivity contribution in [1.82, 2.24) is 4.90 Å². The molecule has 0 heterocycles. The summed E-state index contributed by atoms with van der Waals surface area (Å²) in [5.74, 6) is 0.887. The summed E-state index contributed by atoms with van der Waals surface area (Å²) < 4.78 is 10.6. The van der Waals surface area contributed by atoms with E-state index < -0.39 is 0 Å². The fraction of sp³-hybridized carbons (Fsp3) is 0.600. The summed E-state index contributed by atoms with van der Waals surface area (Å²) in [6.07, 6.45) is 1.20. The first-order chi connectivity index (χ1) is 11.8. The van der Waals surface area contributed by atoms with Crippen LogP contribution in [-0.4, -0.2) is 42.6 Å². The van der Waals surface area contributed by atoms with Gasteiger partial charge < -0.3 is 14.4 Å². The van der Waals surface area contributed by atoms with Crippen LogP contribution >= 0.6 is 0 Å². The van der Waals surface area contributed by atoms with Gasteiger partial charge >= 0.3 is 5.97 Å². The number of carbonyl (C=O) groups excluding carboxylic acids is 2. The Morgan fingerprint density at radius 3 is 2.20 bits per heavy atom. The van der Waals surface area contributed by atoms with Crippen molar-refractivity contribution in [2.75, 3.05) is 19.7 Å². The second-order valence-corrected chi connectivity index (χ2v) is 6.72. The molecule has 0 saturated carbocycles. The molecule has 25 heavy (non-hydrogen) atoms. The molecule has 1 amide bonds. The van der Waals surface area contributed by atoms with Crippen molar-refractivity contribution in [3.63, 3.8) is 0 Å². The zero-order valence-corrected chi connectivity index (χ0v) is 16.1. The van der Waals surface area contributed by atoms with Gasteiger partial charge in [0.1, 0.15) is 5.75 Å². The highest BCUT2D eigenvalue weighted by Crippen LogP contribution is 2.16. The molecule has 1 rings (SSSR count). The number of nitrogens with zero attached hydrogens (tertiary/aromatic N) is 1. The van der Waals surface area contributed by atoms with E-state index in [0.717, 1.165) is 12.2 Å². The number of hydrogen-bond acceptors (Lipinski definition) is 4. The van der Waals surface area contributed by atoms with Gasteiger partial charge in [0.15, 0.2) is 0 Å². The predicted octanol–water partition coefficient (Wildman–Crippen LogP) is 3.92. The highest BCUT2D eigenvalue weighted by molar-refractivity contribution is 5.94. The summed E-state index contributed by atoms with van der Waals surface area (Å²) >= 11 is 0. The summed E-state index contributed by atoms with van der Waals surface area (Å²) in [6, 6.07) is 7.15. The molecule has 0 unspecified atom stereocenters. The first kappa shape index (κ1) is 21.0. The molecule has 140 valence electrons. The molecular formula is C20H31NO4. The Balaban J connectivity index is 2.77. The number of ether oxygens (including phenoxy) is 2. The molecule has 0 radical (unpaired) electrons. The Morgan fingerprint density at radius 1 is 1.04 bits per heavy atom. The Kier molecular flexibility index (Phi) is 9.03. The molecule has 5 nitrogen and oxygen atoms in total. The SMILES string of the molecule is CCOC(=O)CCN(CCC(C)C)C(=O)c1ccc(OC(C)C)cc1. The molecule has 0 aliphatic rings. The van der Waals surface area contributed by atoms with E-state index in [2.05, 4.69) is 13.8 Å². The van der Waals surface area contributed by atoms with E-state index >= 15 is 0 Å². The van der Waals surface area contributed by atoms with Crippen LogP contribution < -0.4 is 4.74 Å². The molecule has 0 aliphatic heterocycles. The lowest BCUT2D eigenvalue weighted by molar-refractivity contribution is -0.143. The normalized spacial score (nSPS) is 10.8. The lowest BCUT2D eigenvalue weighted by atomic mass is 10.1. The maximum Gasteiger partial charge on any atom is 0.307 e. The number of hydrogen-bond donors (Lipinski definition) is 0. The van der Waals surface area contributed by atoms with Crippen LogP contribution in [0.3, 0.4) is 0 Å². The molecule has 0 aromatic heterocycles.